The highest BCUT2D eigenvalue weighted by Gasteiger charge is 2.33. The lowest BCUT2D eigenvalue weighted by Gasteiger charge is -2.04. The van der Waals surface area contributed by atoms with Crippen LogP contribution in [0.3, 0.4) is 0 Å². The maximum atomic E-state index is 10.3. The van der Waals surface area contributed by atoms with E-state index in [0.717, 1.165) is 11.8 Å². The standard InChI is InChI=1S/C5H7NO4S/c7-4(8)2-1-11-3(6-2)5(9)10/h2-3,6H,1H2,(H,7,8)(H,9,10)/t2-,3?/m0/s1. The van der Waals surface area contributed by atoms with Crippen LogP contribution in [0, 0.1) is 0 Å². The zero-order valence-electron chi connectivity index (χ0n) is 5.48. The van der Waals surface area contributed by atoms with Crippen LogP contribution < -0.4 is 5.32 Å². The number of nitrogens with one attached hydrogen (secondary N) is 1. The Balaban J connectivity index is 2.47. The van der Waals surface area contributed by atoms with Gasteiger partial charge in [-0.25, -0.2) is 4.79 Å². The molecule has 11 heavy (non-hydrogen) atoms. The molecule has 6 heteroatoms. The summed E-state index contributed by atoms with van der Waals surface area (Å²) in [5.74, 6) is -1.70. The first-order valence-electron chi connectivity index (χ1n) is 2.94. The molecule has 5 nitrogen and oxygen atoms in total. The van der Waals surface area contributed by atoms with Crippen molar-refractivity contribution in [3.05, 3.63) is 0 Å². The fourth-order valence-corrected chi connectivity index (χ4v) is 1.78. The SMILES string of the molecule is O=C(O)C1N[C@H](C(=O)O)CS1. The molecule has 62 valence electrons. The zero-order valence-corrected chi connectivity index (χ0v) is 6.30. The van der Waals surface area contributed by atoms with Crippen LogP contribution in [0.25, 0.3) is 0 Å². The number of carboxylic acid groups (broad SMARTS) is 2. The maximum absolute atomic E-state index is 10.3. The molecule has 1 fully saturated rings. The molecule has 3 N–H and O–H groups in total. The molecule has 0 aromatic carbocycles. The molecular formula is C5H7NO4S. The third-order valence-corrected chi connectivity index (χ3v) is 2.50. The lowest BCUT2D eigenvalue weighted by atomic mass is 10.3. The van der Waals surface area contributed by atoms with Crippen LogP contribution in [0.5, 0.6) is 0 Å². The first-order chi connectivity index (χ1) is 5.11. The van der Waals surface area contributed by atoms with Crippen molar-refractivity contribution >= 4 is 23.7 Å². The van der Waals surface area contributed by atoms with Gasteiger partial charge in [-0.2, -0.15) is 0 Å². The van der Waals surface area contributed by atoms with Crippen LogP contribution in [0.15, 0.2) is 0 Å². The summed E-state index contributed by atoms with van der Waals surface area (Å²) in [5.41, 5.74) is 0. The third-order valence-electron chi connectivity index (χ3n) is 1.30. The summed E-state index contributed by atoms with van der Waals surface area (Å²) in [5, 5.41) is 18.6. The molecule has 1 aliphatic rings. The van der Waals surface area contributed by atoms with Gasteiger partial charge in [0, 0.05) is 5.75 Å². The van der Waals surface area contributed by atoms with Gasteiger partial charge in [0.1, 0.15) is 6.04 Å². The van der Waals surface area contributed by atoms with Crippen molar-refractivity contribution in [3.63, 3.8) is 0 Å². The Bertz CT molecular complexity index is 175. The third kappa shape index (κ3) is 1.84. The average molecular weight is 177 g/mol. The highest BCUT2D eigenvalue weighted by atomic mass is 32.2. The van der Waals surface area contributed by atoms with Gasteiger partial charge in [-0.05, 0) is 0 Å². The van der Waals surface area contributed by atoms with Crippen molar-refractivity contribution in [2.75, 3.05) is 5.75 Å². The Morgan fingerprint density at radius 2 is 2.00 bits per heavy atom. The van der Waals surface area contributed by atoms with E-state index >= 15 is 0 Å². The van der Waals surface area contributed by atoms with E-state index in [1.54, 1.807) is 0 Å². The molecule has 0 spiro atoms. The van der Waals surface area contributed by atoms with Crippen molar-refractivity contribution in [2.45, 2.75) is 11.4 Å². The number of thioether (sulfide) groups is 1. The fraction of sp³-hybridized carbons (Fsp3) is 0.600. The zero-order chi connectivity index (χ0) is 8.43. The molecule has 0 aromatic rings. The second-order valence-corrected chi connectivity index (χ2v) is 3.25. The molecule has 1 unspecified atom stereocenters. The summed E-state index contributed by atoms with van der Waals surface area (Å²) in [4.78, 5) is 20.6. The Labute approximate surface area is 66.8 Å². The summed E-state index contributed by atoms with van der Waals surface area (Å²) < 4.78 is 0. The van der Waals surface area contributed by atoms with Gasteiger partial charge >= 0.3 is 11.9 Å². The maximum Gasteiger partial charge on any atom is 0.331 e. The minimum Gasteiger partial charge on any atom is -0.480 e. The first-order valence-corrected chi connectivity index (χ1v) is 3.99. The Hall–Kier alpha value is -0.750. The number of hydrogen-bond donors (Lipinski definition) is 3. The van der Waals surface area contributed by atoms with E-state index in [1.807, 2.05) is 0 Å². The van der Waals surface area contributed by atoms with Gasteiger partial charge in [0.25, 0.3) is 0 Å². The van der Waals surface area contributed by atoms with Gasteiger partial charge in [0.05, 0.1) is 0 Å². The van der Waals surface area contributed by atoms with Crippen LogP contribution in [-0.2, 0) is 9.59 Å². The van der Waals surface area contributed by atoms with E-state index in [1.165, 1.54) is 0 Å². The van der Waals surface area contributed by atoms with Crippen LogP contribution in [0.2, 0.25) is 0 Å². The van der Waals surface area contributed by atoms with Crippen molar-refractivity contribution in [3.8, 4) is 0 Å². The lowest BCUT2D eigenvalue weighted by molar-refractivity contribution is -0.139. The molecule has 0 bridgehead atoms. The molecule has 1 saturated heterocycles. The van der Waals surface area contributed by atoms with Crippen LogP contribution >= 0.6 is 11.8 Å². The summed E-state index contributed by atoms with van der Waals surface area (Å²) in [6.45, 7) is 0. The summed E-state index contributed by atoms with van der Waals surface area (Å²) in [6.07, 6.45) is 0. The number of rotatable bonds is 2. The average Bonchev–Trinajstić information content (AvgIpc) is 2.33. The number of carboxylic acids is 2. The Morgan fingerprint density at radius 3 is 2.27 bits per heavy atom. The molecule has 1 rings (SSSR count). The Kier molecular flexibility index (Phi) is 2.35. The van der Waals surface area contributed by atoms with Crippen molar-refractivity contribution < 1.29 is 19.8 Å². The van der Waals surface area contributed by atoms with Crippen molar-refractivity contribution in [1.29, 1.82) is 0 Å². The largest absolute Gasteiger partial charge is 0.480 e. The number of carbonyl (C=O) groups is 2. The van der Waals surface area contributed by atoms with Gasteiger partial charge in [0.15, 0.2) is 5.37 Å². The first kappa shape index (κ1) is 8.35. The molecule has 0 amide bonds. The van der Waals surface area contributed by atoms with Crippen LogP contribution in [-0.4, -0.2) is 39.3 Å². The summed E-state index contributed by atoms with van der Waals surface area (Å²) >= 11 is 1.10. The molecule has 0 aliphatic carbocycles. The molecule has 2 atom stereocenters. The minimum atomic E-state index is -1.02. The predicted octanol–water partition coefficient (Wildman–Crippen LogP) is -0.813. The van der Waals surface area contributed by atoms with Gasteiger partial charge in [-0.15, -0.1) is 11.8 Å². The van der Waals surface area contributed by atoms with E-state index in [-0.39, 0.29) is 0 Å². The highest BCUT2D eigenvalue weighted by molar-refractivity contribution is 8.00. The monoisotopic (exact) mass is 177 g/mol. The second kappa shape index (κ2) is 3.10. The van der Waals surface area contributed by atoms with Gasteiger partial charge in [-0.3, -0.25) is 10.1 Å². The van der Waals surface area contributed by atoms with E-state index in [2.05, 4.69) is 5.32 Å². The second-order valence-electron chi connectivity index (χ2n) is 2.11. The highest BCUT2D eigenvalue weighted by Crippen LogP contribution is 2.18. The van der Waals surface area contributed by atoms with E-state index in [0.29, 0.717) is 5.75 Å². The molecule has 0 aromatic heterocycles. The minimum absolute atomic E-state index is 0.312. The smallest absolute Gasteiger partial charge is 0.331 e. The molecule has 0 radical (unpaired) electrons. The van der Waals surface area contributed by atoms with Gasteiger partial charge < -0.3 is 10.2 Å². The molecular weight excluding hydrogens is 170 g/mol. The topological polar surface area (TPSA) is 86.6 Å². The lowest BCUT2D eigenvalue weighted by Crippen LogP contribution is -2.39. The predicted molar refractivity (Wildman–Crippen MR) is 38.4 cm³/mol. The molecule has 1 heterocycles. The van der Waals surface area contributed by atoms with Gasteiger partial charge in [-0.1, -0.05) is 0 Å². The number of aliphatic carboxylic acids is 2. The van der Waals surface area contributed by atoms with Crippen molar-refractivity contribution in [1.82, 2.24) is 5.32 Å². The summed E-state index contributed by atoms with van der Waals surface area (Å²) in [7, 11) is 0. The Morgan fingerprint density at radius 1 is 1.36 bits per heavy atom. The number of hydrogen-bond acceptors (Lipinski definition) is 4. The van der Waals surface area contributed by atoms with Crippen LogP contribution in [0.4, 0.5) is 0 Å². The molecule has 0 saturated carbocycles. The van der Waals surface area contributed by atoms with Gasteiger partial charge in [0.2, 0.25) is 0 Å². The van der Waals surface area contributed by atoms with Crippen LogP contribution in [0.1, 0.15) is 0 Å². The summed E-state index contributed by atoms with van der Waals surface area (Å²) in [6, 6.07) is -0.721. The molecule has 1 aliphatic heterocycles. The van der Waals surface area contributed by atoms with E-state index in [4.69, 9.17) is 10.2 Å². The van der Waals surface area contributed by atoms with E-state index < -0.39 is 23.4 Å². The van der Waals surface area contributed by atoms with Crippen molar-refractivity contribution in [2.24, 2.45) is 0 Å². The quantitative estimate of drug-likeness (QED) is 0.511. The fourth-order valence-electron chi connectivity index (χ4n) is 0.757. The van der Waals surface area contributed by atoms with E-state index in [9.17, 15) is 9.59 Å². The normalized spacial score (nSPS) is 30.2.